The molecule has 2 aromatic heterocycles. The second kappa shape index (κ2) is 7.71. The Hall–Kier alpha value is -2.38. The van der Waals surface area contributed by atoms with E-state index in [0.717, 1.165) is 30.9 Å². The number of rotatable bonds is 5. The van der Waals surface area contributed by atoms with Gasteiger partial charge in [0.05, 0.1) is 11.8 Å². The average molecular weight is 429 g/mol. The van der Waals surface area contributed by atoms with E-state index >= 15 is 0 Å². The van der Waals surface area contributed by atoms with Crippen LogP contribution in [0.3, 0.4) is 0 Å². The molecule has 1 atom stereocenters. The van der Waals surface area contributed by atoms with Crippen LogP contribution in [0.15, 0.2) is 18.3 Å². The van der Waals surface area contributed by atoms with Crippen molar-refractivity contribution in [2.75, 3.05) is 38.6 Å². The van der Waals surface area contributed by atoms with E-state index in [4.69, 9.17) is 21.6 Å². The van der Waals surface area contributed by atoms with Gasteiger partial charge in [0.25, 0.3) is 0 Å². The zero-order valence-corrected chi connectivity index (χ0v) is 19.0. The number of hydrogen-bond acceptors (Lipinski definition) is 6. The zero-order valence-electron chi connectivity index (χ0n) is 18.3. The molecule has 0 spiro atoms. The average Bonchev–Trinajstić information content (AvgIpc) is 3.18. The van der Waals surface area contributed by atoms with Gasteiger partial charge in [-0.3, -0.25) is 0 Å². The number of imidazole rings is 1. The van der Waals surface area contributed by atoms with E-state index in [1.165, 1.54) is 19.0 Å². The molecule has 1 aromatic carbocycles. The highest BCUT2D eigenvalue weighted by atomic mass is 35.5. The van der Waals surface area contributed by atoms with Gasteiger partial charge >= 0.3 is 0 Å². The summed E-state index contributed by atoms with van der Waals surface area (Å²) in [5, 5.41) is 10.9. The summed E-state index contributed by atoms with van der Waals surface area (Å²) in [6.45, 7) is 7.49. The monoisotopic (exact) mass is 428 g/mol. The molecule has 3 heterocycles. The third kappa shape index (κ3) is 3.84. The lowest BCUT2D eigenvalue weighted by atomic mass is 9.86. The van der Waals surface area contributed by atoms with Gasteiger partial charge in [-0.2, -0.15) is 0 Å². The van der Waals surface area contributed by atoms with E-state index < -0.39 is 0 Å². The van der Waals surface area contributed by atoms with Crippen LogP contribution in [0.5, 0.6) is 5.75 Å². The van der Waals surface area contributed by atoms with Crippen LogP contribution in [-0.4, -0.2) is 63.3 Å². The van der Waals surface area contributed by atoms with Gasteiger partial charge in [-0.1, -0.05) is 18.5 Å². The lowest BCUT2D eigenvalue weighted by Crippen LogP contribution is -2.29. The van der Waals surface area contributed by atoms with Crippen molar-refractivity contribution in [2.45, 2.75) is 26.7 Å². The van der Waals surface area contributed by atoms with Crippen molar-refractivity contribution < 1.29 is 5.11 Å². The first-order valence-corrected chi connectivity index (χ1v) is 10.6. The van der Waals surface area contributed by atoms with Gasteiger partial charge in [0.2, 0.25) is 0 Å². The molecule has 4 rings (SSSR count). The highest BCUT2D eigenvalue weighted by molar-refractivity contribution is 6.31. The van der Waals surface area contributed by atoms with E-state index in [9.17, 15) is 5.11 Å². The van der Waals surface area contributed by atoms with Crippen molar-refractivity contribution in [1.29, 1.82) is 0 Å². The van der Waals surface area contributed by atoms with Gasteiger partial charge in [0.15, 0.2) is 11.3 Å². The molecule has 3 aromatic rings. The van der Waals surface area contributed by atoms with Crippen LogP contribution in [0.2, 0.25) is 5.02 Å². The smallest absolute Gasteiger partial charge is 0.200 e. The second-order valence-corrected chi connectivity index (χ2v) is 9.39. The van der Waals surface area contributed by atoms with Gasteiger partial charge in [0, 0.05) is 32.2 Å². The molecule has 1 aliphatic rings. The fourth-order valence-corrected chi connectivity index (χ4v) is 4.67. The molecule has 8 heteroatoms. The van der Waals surface area contributed by atoms with Crippen molar-refractivity contribution in [3.63, 3.8) is 0 Å². The van der Waals surface area contributed by atoms with E-state index in [1.807, 2.05) is 24.6 Å². The maximum atomic E-state index is 10.4. The number of aryl methyl sites for hydroxylation is 2. The van der Waals surface area contributed by atoms with E-state index in [2.05, 4.69) is 35.8 Å². The molecule has 0 bridgehead atoms. The van der Waals surface area contributed by atoms with Crippen molar-refractivity contribution in [2.24, 2.45) is 12.5 Å². The SMILES string of the molecule is Cc1cc(Cl)cc(O)c1-c1nc2nc(N(C)CC[C@]3(C)CCN(C)C3)cnc2n1C. The Bertz CT molecular complexity index is 1070. The Morgan fingerprint density at radius 2 is 2.03 bits per heavy atom. The van der Waals surface area contributed by atoms with E-state index in [1.54, 1.807) is 6.20 Å². The number of halogens is 1. The van der Waals surface area contributed by atoms with Crippen molar-refractivity contribution >= 4 is 28.7 Å². The molecule has 1 fully saturated rings. The van der Waals surface area contributed by atoms with Crippen LogP contribution < -0.4 is 4.90 Å². The summed E-state index contributed by atoms with van der Waals surface area (Å²) in [5.74, 6) is 1.53. The Kier molecular flexibility index (Phi) is 5.36. The number of aromatic nitrogens is 4. The topological polar surface area (TPSA) is 70.3 Å². The molecule has 0 saturated carbocycles. The van der Waals surface area contributed by atoms with Gasteiger partial charge in [-0.25, -0.2) is 15.0 Å². The number of phenolic OH excluding ortho intramolecular Hbond substituents is 1. The van der Waals surface area contributed by atoms with Gasteiger partial charge in [-0.05, 0) is 56.5 Å². The fourth-order valence-electron chi connectivity index (χ4n) is 4.40. The first-order chi connectivity index (χ1) is 14.2. The Morgan fingerprint density at radius 3 is 2.70 bits per heavy atom. The molecular weight excluding hydrogens is 400 g/mol. The second-order valence-electron chi connectivity index (χ2n) is 8.96. The Balaban J connectivity index is 1.61. The predicted octanol–water partition coefficient (Wildman–Crippen LogP) is 3.87. The summed E-state index contributed by atoms with van der Waals surface area (Å²) in [5.41, 5.74) is 3.10. The van der Waals surface area contributed by atoms with E-state index in [0.29, 0.717) is 33.1 Å². The molecule has 160 valence electrons. The molecule has 30 heavy (non-hydrogen) atoms. The zero-order chi connectivity index (χ0) is 21.6. The van der Waals surface area contributed by atoms with Crippen molar-refractivity contribution in [3.8, 4) is 17.1 Å². The highest BCUT2D eigenvalue weighted by Crippen LogP contribution is 2.36. The maximum absolute atomic E-state index is 10.4. The molecular formula is C22H29ClN6O. The highest BCUT2D eigenvalue weighted by Gasteiger charge is 2.31. The minimum atomic E-state index is 0.102. The van der Waals surface area contributed by atoms with Crippen LogP contribution in [0.1, 0.15) is 25.3 Å². The molecule has 7 nitrogen and oxygen atoms in total. The van der Waals surface area contributed by atoms with Gasteiger partial charge in [-0.15, -0.1) is 0 Å². The number of benzene rings is 1. The van der Waals surface area contributed by atoms with E-state index in [-0.39, 0.29) is 5.75 Å². The first-order valence-electron chi connectivity index (χ1n) is 10.3. The van der Waals surface area contributed by atoms with Gasteiger partial charge in [0.1, 0.15) is 17.4 Å². The number of likely N-dealkylation sites (tertiary alicyclic amines) is 1. The molecule has 1 saturated heterocycles. The first kappa shape index (κ1) is 20.9. The Labute approximate surface area is 182 Å². The van der Waals surface area contributed by atoms with Crippen LogP contribution in [0, 0.1) is 12.3 Å². The van der Waals surface area contributed by atoms with Crippen LogP contribution in [-0.2, 0) is 7.05 Å². The predicted molar refractivity (Wildman–Crippen MR) is 121 cm³/mol. The molecule has 0 amide bonds. The summed E-state index contributed by atoms with van der Waals surface area (Å²) in [6, 6.07) is 3.35. The summed E-state index contributed by atoms with van der Waals surface area (Å²) >= 11 is 6.06. The molecule has 0 radical (unpaired) electrons. The Morgan fingerprint density at radius 1 is 1.27 bits per heavy atom. The third-order valence-electron chi connectivity index (χ3n) is 6.26. The molecule has 1 aliphatic heterocycles. The number of hydrogen-bond donors (Lipinski definition) is 1. The number of phenols is 1. The van der Waals surface area contributed by atoms with Crippen molar-refractivity contribution in [3.05, 3.63) is 28.9 Å². The van der Waals surface area contributed by atoms with Crippen LogP contribution in [0.25, 0.3) is 22.7 Å². The third-order valence-corrected chi connectivity index (χ3v) is 6.48. The largest absolute Gasteiger partial charge is 0.507 e. The summed E-state index contributed by atoms with van der Waals surface area (Å²) in [7, 11) is 6.12. The van der Waals surface area contributed by atoms with Crippen LogP contribution in [0.4, 0.5) is 5.82 Å². The standard InChI is InChI=1S/C22H29ClN6O/c1-14-10-15(23)11-16(30)18(14)20-26-19-21(29(20)5)24-12-17(25-19)28(4)9-7-22(2)6-8-27(3)13-22/h10-12,30H,6-9,13H2,1-5H3/t22-/m0/s1. The normalized spacial score (nSPS) is 19.7. The summed E-state index contributed by atoms with van der Waals surface area (Å²) in [6.07, 6.45) is 4.14. The number of fused-ring (bicyclic) bond motifs is 1. The minimum absolute atomic E-state index is 0.102. The molecule has 0 unspecified atom stereocenters. The minimum Gasteiger partial charge on any atom is -0.507 e. The quantitative estimate of drug-likeness (QED) is 0.665. The lowest BCUT2D eigenvalue weighted by molar-refractivity contribution is 0.292. The number of nitrogens with zero attached hydrogens (tertiary/aromatic N) is 6. The number of aromatic hydroxyl groups is 1. The maximum Gasteiger partial charge on any atom is 0.200 e. The fraction of sp³-hybridized carbons (Fsp3) is 0.500. The summed E-state index contributed by atoms with van der Waals surface area (Å²) < 4.78 is 1.86. The summed E-state index contributed by atoms with van der Waals surface area (Å²) in [4.78, 5) is 18.6. The lowest BCUT2D eigenvalue weighted by Gasteiger charge is -2.27. The van der Waals surface area contributed by atoms with Crippen LogP contribution >= 0.6 is 11.6 Å². The molecule has 1 N–H and O–H groups in total. The molecule has 0 aliphatic carbocycles. The van der Waals surface area contributed by atoms with Crippen molar-refractivity contribution in [1.82, 2.24) is 24.4 Å². The van der Waals surface area contributed by atoms with Gasteiger partial charge < -0.3 is 19.5 Å². The number of anilines is 1.